The van der Waals surface area contributed by atoms with Crippen molar-refractivity contribution in [2.75, 3.05) is 12.3 Å². The van der Waals surface area contributed by atoms with E-state index in [4.69, 9.17) is 5.73 Å². The van der Waals surface area contributed by atoms with Crippen molar-refractivity contribution in [3.8, 4) is 0 Å². The molecule has 2 nitrogen and oxygen atoms in total. The molecule has 0 atom stereocenters. The molecule has 2 heteroatoms. The summed E-state index contributed by atoms with van der Waals surface area (Å²) in [5, 5.41) is 0. The Morgan fingerprint density at radius 3 is 2.75 bits per heavy atom. The molecule has 1 aromatic rings. The number of anilines is 1. The lowest BCUT2D eigenvalue weighted by molar-refractivity contribution is 0.121. The molecule has 1 aromatic carbocycles. The molecule has 110 valence electrons. The zero-order chi connectivity index (χ0) is 13.9. The smallest absolute Gasteiger partial charge is 0.0362 e. The van der Waals surface area contributed by atoms with Crippen LogP contribution in [0.25, 0.3) is 0 Å². The topological polar surface area (TPSA) is 29.3 Å². The minimum Gasteiger partial charge on any atom is -0.398 e. The van der Waals surface area contributed by atoms with Crippen LogP contribution in [0.4, 0.5) is 5.69 Å². The minimum atomic E-state index is 0.802. The summed E-state index contributed by atoms with van der Waals surface area (Å²) in [7, 11) is 0. The Morgan fingerprint density at radius 1 is 1.20 bits per heavy atom. The summed E-state index contributed by atoms with van der Waals surface area (Å²) >= 11 is 0. The number of benzene rings is 1. The first-order valence-electron chi connectivity index (χ1n) is 8.38. The molecule has 1 aliphatic heterocycles. The van der Waals surface area contributed by atoms with E-state index in [2.05, 4.69) is 30.0 Å². The van der Waals surface area contributed by atoms with Crippen LogP contribution in [0.15, 0.2) is 18.2 Å². The van der Waals surface area contributed by atoms with E-state index in [9.17, 15) is 0 Å². The first-order valence-corrected chi connectivity index (χ1v) is 8.38. The van der Waals surface area contributed by atoms with Crippen LogP contribution < -0.4 is 5.73 Å². The highest BCUT2D eigenvalue weighted by Gasteiger charge is 2.28. The third-order valence-corrected chi connectivity index (χ3v) is 5.37. The van der Waals surface area contributed by atoms with Gasteiger partial charge in [-0.05, 0) is 55.2 Å². The van der Waals surface area contributed by atoms with E-state index in [1.165, 1.54) is 62.6 Å². The van der Waals surface area contributed by atoms with Crippen molar-refractivity contribution < 1.29 is 0 Å². The Kier molecular flexibility index (Phi) is 4.30. The molecule has 0 saturated heterocycles. The molecule has 1 fully saturated rings. The van der Waals surface area contributed by atoms with Gasteiger partial charge >= 0.3 is 0 Å². The van der Waals surface area contributed by atoms with Crippen molar-refractivity contribution in [3.63, 3.8) is 0 Å². The fourth-order valence-electron chi connectivity index (χ4n) is 4.15. The summed E-state index contributed by atoms with van der Waals surface area (Å²) in [6, 6.07) is 7.21. The van der Waals surface area contributed by atoms with Crippen molar-refractivity contribution in [1.29, 1.82) is 0 Å². The third kappa shape index (κ3) is 2.85. The summed E-state index contributed by atoms with van der Waals surface area (Å²) in [5.41, 5.74) is 10.0. The van der Waals surface area contributed by atoms with Gasteiger partial charge in [0, 0.05) is 24.8 Å². The van der Waals surface area contributed by atoms with Crippen LogP contribution in [0.3, 0.4) is 0 Å². The van der Waals surface area contributed by atoms with Gasteiger partial charge in [0.1, 0.15) is 0 Å². The zero-order valence-corrected chi connectivity index (χ0v) is 12.8. The molecule has 1 heterocycles. The van der Waals surface area contributed by atoms with Crippen molar-refractivity contribution in [2.45, 2.75) is 64.5 Å². The van der Waals surface area contributed by atoms with Crippen LogP contribution >= 0.6 is 0 Å². The maximum absolute atomic E-state index is 6.17. The second kappa shape index (κ2) is 6.17. The predicted octanol–water partition coefficient (Wildman–Crippen LogP) is 3.99. The highest BCUT2D eigenvalue weighted by Crippen LogP contribution is 2.33. The van der Waals surface area contributed by atoms with Crippen LogP contribution in [-0.4, -0.2) is 17.5 Å². The summed E-state index contributed by atoms with van der Waals surface area (Å²) in [6.45, 7) is 4.61. The lowest BCUT2D eigenvalue weighted by Crippen LogP contribution is -2.41. The van der Waals surface area contributed by atoms with Gasteiger partial charge in [-0.25, -0.2) is 0 Å². The Labute approximate surface area is 123 Å². The third-order valence-electron chi connectivity index (χ3n) is 5.37. The zero-order valence-electron chi connectivity index (χ0n) is 12.8. The van der Waals surface area contributed by atoms with Crippen LogP contribution in [0, 0.1) is 5.92 Å². The Morgan fingerprint density at radius 2 is 2.00 bits per heavy atom. The van der Waals surface area contributed by atoms with Crippen molar-refractivity contribution in [2.24, 2.45) is 5.92 Å². The summed E-state index contributed by atoms with van der Waals surface area (Å²) in [4.78, 5) is 2.70. The molecular weight excluding hydrogens is 244 g/mol. The fraction of sp³-hybridized carbons (Fsp3) is 0.667. The van der Waals surface area contributed by atoms with Crippen molar-refractivity contribution in [3.05, 3.63) is 29.3 Å². The SMILES string of the molecule is CCCC1CCC(N2CCc3cccc(N)c3C2)CC1. The normalized spacial score (nSPS) is 27.2. The number of rotatable bonds is 3. The molecule has 20 heavy (non-hydrogen) atoms. The highest BCUT2D eigenvalue weighted by molar-refractivity contribution is 5.51. The first kappa shape index (κ1) is 13.9. The molecule has 3 rings (SSSR count). The molecular formula is C18H28N2. The van der Waals surface area contributed by atoms with E-state index in [1.807, 2.05) is 0 Å². The molecule has 1 saturated carbocycles. The highest BCUT2D eigenvalue weighted by atomic mass is 15.2. The van der Waals surface area contributed by atoms with Gasteiger partial charge in [-0.15, -0.1) is 0 Å². The van der Waals surface area contributed by atoms with Gasteiger partial charge in [0.15, 0.2) is 0 Å². The summed E-state index contributed by atoms with van der Waals surface area (Å²) < 4.78 is 0. The van der Waals surface area contributed by atoms with Gasteiger partial charge in [0.25, 0.3) is 0 Å². The molecule has 0 aromatic heterocycles. The number of hydrogen-bond acceptors (Lipinski definition) is 2. The molecule has 0 bridgehead atoms. The molecule has 0 unspecified atom stereocenters. The standard InChI is InChI=1S/C18H28N2/c1-2-4-14-7-9-16(10-8-14)20-12-11-15-5-3-6-18(19)17(15)13-20/h3,5-6,14,16H,2,4,7-13,19H2,1H3. The van der Waals surface area contributed by atoms with Crippen molar-refractivity contribution in [1.82, 2.24) is 4.90 Å². The largest absolute Gasteiger partial charge is 0.398 e. The number of fused-ring (bicyclic) bond motifs is 1. The summed E-state index contributed by atoms with van der Waals surface area (Å²) in [6.07, 6.45) is 9.62. The Balaban J connectivity index is 1.62. The lowest BCUT2D eigenvalue weighted by atomic mass is 9.82. The van der Waals surface area contributed by atoms with E-state index in [1.54, 1.807) is 0 Å². The number of nitrogens with two attached hydrogens (primary N) is 1. The molecule has 2 N–H and O–H groups in total. The van der Waals surface area contributed by atoms with Gasteiger partial charge in [-0.2, -0.15) is 0 Å². The molecule has 0 amide bonds. The van der Waals surface area contributed by atoms with E-state index in [-0.39, 0.29) is 0 Å². The van der Waals surface area contributed by atoms with Crippen LogP contribution in [0.1, 0.15) is 56.6 Å². The predicted molar refractivity (Wildman–Crippen MR) is 85.6 cm³/mol. The number of nitrogen functional groups attached to an aromatic ring is 1. The quantitative estimate of drug-likeness (QED) is 0.843. The van der Waals surface area contributed by atoms with Crippen molar-refractivity contribution >= 4 is 5.69 Å². The Hall–Kier alpha value is -1.02. The van der Waals surface area contributed by atoms with E-state index in [0.717, 1.165) is 24.2 Å². The van der Waals surface area contributed by atoms with Gasteiger partial charge in [0.05, 0.1) is 0 Å². The number of nitrogens with zero attached hydrogens (tertiary/aromatic N) is 1. The van der Waals surface area contributed by atoms with Crippen LogP contribution in [0.5, 0.6) is 0 Å². The van der Waals surface area contributed by atoms with E-state index < -0.39 is 0 Å². The maximum atomic E-state index is 6.17. The van der Waals surface area contributed by atoms with Gasteiger partial charge < -0.3 is 5.73 Å². The van der Waals surface area contributed by atoms with Gasteiger partial charge in [-0.1, -0.05) is 31.9 Å². The monoisotopic (exact) mass is 272 g/mol. The Bertz CT molecular complexity index is 447. The van der Waals surface area contributed by atoms with Gasteiger partial charge in [0.2, 0.25) is 0 Å². The van der Waals surface area contributed by atoms with Crippen LogP contribution in [0.2, 0.25) is 0 Å². The second-order valence-electron chi connectivity index (χ2n) is 6.67. The summed E-state index contributed by atoms with van der Waals surface area (Å²) in [5.74, 6) is 0.999. The molecule has 0 spiro atoms. The molecule has 2 aliphatic rings. The van der Waals surface area contributed by atoms with E-state index >= 15 is 0 Å². The number of hydrogen-bond donors (Lipinski definition) is 1. The minimum absolute atomic E-state index is 0.802. The average Bonchev–Trinajstić information content (AvgIpc) is 2.49. The maximum Gasteiger partial charge on any atom is 0.0362 e. The van der Waals surface area contributed by atoms with E-state index in [0.29, 0.717) is 0 Å². The fourth-order valence-corrected chi connectivity index (χ4v) is 4.15. The first-order chi connectivity index (χ1) is 9.78. The molecule has 0 radical (unpaired) electrons. The second-order valence-corrected chi connectivity index (χ2v) is 6.67. The van der Waals surface area contributed by atoms with Crippen LogP contribution in [-0.2, 0) is 13.0 Å². The average molecular weight is 272 g/mol. The molecule has 1 aliphatic carbocycles. The van der Waals surface area contributed by atoms with Gasteiger partial charge in [-0.3, -0.25) is 4.90 Å². The lowest BCUT2D eigenvalue weighted by Gasteiger charge is -2.39.